The van der Waals surface area contributed by atoms with Gasteiger partial charge >= 0.3 is 12.1 Å². The second-order valence-electron chi connectivity index (χ2n) is 7.50. The number of carbonyl (C=O) groups is 1. The minimum atomic E-state index is -4.58. The fourth-order valence-electron chi connectivity index (χ4n) is 3.58. The number of fused-ring (bicyclic) bond motifs is 1. The van der Waals surface area contributed by atoms with E-state index < -0.39 is 23.6 Å². The van der Waals surface area contributed by atoms with Crippen molar-refractivity contribution in [3.8, 4) is 23.0 Å². The van der Waals surface area contributed by atoms with E-state index >= 15 is 0 Å². The third kappa shape index (κ3) is 3.92. The Morgan fingerprint density at radius 3 is 2.52 bits per heavy atom. The summed E-state index contributed by atoms with van der Waals surface area (Å²) in [7, 11) is 0. The zero-order chi connectivity index (χ0) is 23.7. The Hall–Kier alpha value is -2.82. The molecule has 1 aromatic carbocycles. The standard InChI is InChI=1S/C20H10Cl3F3N4O3/c21-12-4-11(13(22)3-9(12)8-2-10(8)19(31)32)16-28-18(33-29-16)15-6-30-5-7(20(24,25)26)1-14(23)17(30)27-15/h1,3-6,8,10H,2H2,(H,31,32). The quantitative estimate of drug-likeness (QED) is 0.345. The highest BCUT2D eigenvalue weighted by Gasteiger charge is 2.45. The van der Waals surface area contributed by atoms with Crippen molar-refractivity contribution >= 4 is 46.4 Å². The molecule has 2 atom stereocenters. The summed E-state index contributed by atoms with van der Waals surface area (Å²) >= 11 is 18.7. The Kier molecular flexibility index (Phi) is 5.07. The number of nitrogens with zero attached hydrogens (tertiary/aromatic N) is 4. The number of rotatable bonds is 4. The minimum absolute atomic E-state index is 0.0669. The van der Waals surface area contributed by atoms with Crippen LogP contribution in [0.2, 0.25) is 15.1 Å². The molecule has 1 N–H and O–H groups in total. The van der Waals surface area contributed by atoms with Crippen molar-refractivity contribution in [2.45, 2.75) is 18.5 Å². The van der Waals surface area contributed by atoms with Crippen molar-refractivity contribution < 1.29 is 27.6 Å². The van der Waals surface area contributed by atoms with E-state index in [1.807, 2.05) is 0 Å². The number of aromatic nitrogens is 4. The number of carboxylic acid groups (broad SMARTS) is 1. The van der Waals surface area contributed by atoms with E-state index in [1.54, 1.807) is 6.07 Å². The van der Waals surface area contributed by atoms with Crippen LogP contribution >= 0.6 is 34.8 Å². The van der Waals surface area contributed by atoms with Crippen LogP contribution in [0.5, 0.6) is 0 Å². The smallest absolute Gasteiger partial charge is 0.417 e. The lowest BCUT2D eigenvalue weighted by Gasteiger charge is -2.07. The Bertz CT molecular complexity index is 1430. The Balaban J connectivity index is 1.49. The third-order valence-corrected chi connectivity index (χ3v) is 6.23. The van der Waals surface area contributed by atoms with Gasteiger partial charge in [-0.3, -0.25) is 4.79 Å². The maximum absolute atomic E-state index is 13.0. The Morgan fingerprint density at radius 1 is 1.09 bits per heavy atom. The zero-order valence-corrected chi connectivity index (χ0v) is 18.3. The molecule has 1 fully saturated rings. The lowest BCUT2D eigenvalue weighted by atomic mass is 10.1. The summed E-state index contributed by atoms with van der Waals surface area (Å²) in [5.74, 6) is -1.60. The van der Waals surface area contributed by atoms with Gasteiger partial charge in [-0.25, -0.2) is 4.98 Å². The molecule has 33 heavy (non-hydrogen) atoms. The van der Waals surface area contributed by atoms with E-state index in [0.29, 0.717) is 22.6 Å². The van der Waals surface area contributed by atoms with Crippen molar-refractivity contribution in [2.24, 2.45) is 5.92 Å². The molecule has 3 aromatic heterocycles. The molecule has 0 amide bonds. The molecular weight excluding hydrogens is 508 g/mol. The molecule has 1 aliphatic carbocycles. The number of hydrogen-bond acceptors (Lipinski definition) is 5. The molecule has 0 aliphatic heterocycles. The number of halogens is 6. The molecular formula is C20H10Cl3F3N4O3. The number of pyridine rings is 1. The van der Waals surface area contributed by atoms with Gasteiger partial charge in [-0.15, -0.1) is 0 Å². The first-order valence-electron chi connectivity index (χ1n) is 9.34. The normalized spacial score (nSPS) is 18.1. The highest BCUT2D eigenvalue weighted by atomic mass is 35.5. The van der Waals surface area contributed by atoms with Crippen LogP contribution in [0.1, 0.15) is 23.5 Å². The fraction of sp³-hybridized carbons (Fsp3) is 0.200. The average Bonchev–Trinajstić information content (AvgIpc) is 3.16. The molecule has 2 unspecified atom stereocenters. The number of alkyl halides is 3. The highest BCUT2D eigenvalue weighted by molar-refractivity contribution is 6.36. The van der Waals surface area contributed by atoms with Gasteiger partial charge in [0.05, 0.1) is 21.5 Å². The van der Waals surface area contributed by atoms with Crippen molar-refractivity contribution in [3.63, 3.8) is 0 Å². The van der Waals surface area contributed by atoms with E-state index in [0.717, 1.165) is 16.7 Å². The van der Waals surface area contributed by atoms with Gasteiger partial charge in [-0.2, -0.15) is 18.2 Å². The summed E-state index contributed by atoms with van der Waals surface area (Å²) in [6.45, 7) is 0. The molecule has 1 aliphatic rings. The van der Waals surface area contributed by atoms with Gasteiger partial charge in [0.15, 0.2) is 5.65 Å². The molecule has 0 radical (unpaired) electrons. The molecule has 13 heteroatoms. The molecule has 170 valence electrons. The monoisotopic (exact) mass is 516 g/mol. The summed E-state index contributed by atoms with van der Waals surface area (Å²) in [4.78, 5) is 19.5. The predicted molar refractivity (Wildman–Crippen MR) is 112 cm³/mol. The van der Waals surface area contributed by atoms with Gasteiger partial charge in [-0.05, 0) is 36.1 Å². The second-order valence-corrected chi connectivity index (χ2v) is 8.72. The van der Waals surface area contributed by atoms with Crippen LogP contribution in [-0.2, 0) is 11.0 Å². The molecule has 5 rings (SSSR count). The zero-order valence-electron chi connectivity index (χ0n) is 16.1. The summed E-state index contributed by atoms with van der Waals surface area (Å²) in [5, 5.41) is 13.4. The largest absolute Gasteiger partial charge is 0.481 e. The molecule has 1 saturated carbocycles. The van der Waals surface area contributed by atoms with Gasteiger partial charge in [-0.1, -0.05) is 40.0 Å². The molecule has 0 bridgehead atoms. The van der Waals surface area contributed by atoms with Gasteiger partial charge in [0.2, 0.25) is 5.82 Å². The molecule has 4 aromatic rings. The average molecular weight is 518 g/mol. The van der Waals surface area contributed by atoms with Gasteiger partial charge in [0.25, 0.3) is 5.89 Å². The van der Waals surface area contributed by atoms with Crippen molar-refractivity contribution in [2.75, 3.05) is 0 Å². The summed E-state index contributed by atoms with van der Waals surface area (Å²) in [5.41, 5.74) is 0.224. The first-order valence-corrected chi connectivity index (χ1v) is 10.5. The van der Waals surface area contributed by atoms with Gasteiger partial charge < -0.3 is 14.0 Å². The minimum Gasteiger partial charge on any atom is -0.481 e. The number of aliphatic carboxylic acids is 1. The van der Waals surface area contributed by atoms with Gasteiger partial charge in [0, 0.05) is 23.0 Å². The van der Waals surface area contributed by atoms with Gasteiger partial charge in [0.1, 0.15) is 5.69 Å². The van der Waals surface area contributed by atoms with Crippen LogP contribution in [-0.4, -0.2) is 30.6 Å². The maximum Gasteiger partial charge on any atom is 0.417 e. The Labute approximate surface area is 197 Å². The van der Waals surface area contributed by atoms with Crippen molar-refractivity contribution in [3.05, 3.63) is 56.8 Å². The van der Waals surface area contributed by atoms with Crippen LogP contribution < -0.4 is 0 Å². The highest BCUT2D eigenvalue weighted by Crippen LogP contribution is 2.51. The van der Waals surface area contributed by atoms with E-state index in [-0.39, 0.29) is 39.0 Å². The van der Waals surface area contributed by atoms with Crippen molar-refractivity contribution in [1.29, 1.82) is 0 Å². The number of imidazole rings is 1. The van der Waals surface area contributed by atoms with Crippen LogP contribution in [0.3, 0.4) is 0 Å². The van der Waals surface area contributed by atoms with E-state index in [9.17, 15) is 18.0 Å². The third-order valence-electron chi connectivity index (χ3n) is 5.31. The number of benzene rings is 1. The van der Waals surface area contributed by atoms with Crippen molar-refractivity contribution in [1.82, 2.24) is 19.5 Å². The molecule has 7 nitrogen and oxygen atoms in total. The van der Waals surface area contributed by atoms with Crippen LogP contribution in [0, 0.1) is 5.92 Å². The van der Waals surface area contributed by atoms with E-state index in [2.05, 4.69) is 15.1 Å². The van der Waals surface area contributed by atoms with E-state index in [4.69, 9.17) is 44.4 Å². The lowest BCUT2D eigenvalue weighted by Crippen LogP contribution is -2.06. The first-order chi connectivity index (χ1) is 15.5. The number of carboxylic acids is 1. The fourth-order valence-corrected chi connectivity index (χ4v) is 4.40. The van der Waals surface area contributed by atoms with Crippen LogP contribution in [0.4, 0.5) is 13.2 Å². The summed E-state index contributed by atoms with van der Waals surface area (Å²) < 4.78 is 45.5. The lowest BCUT2D eigenvalue weighted by molar-refractivity contribution is -0.139. The topological polar surface area (TPSA) is 93.5 Å². The van der Waals surface area contributed by atoms with Crippen LogP contribution in [0.25, 0.3) is 28.6 Å². The van der Waals surface area contributed by atoms with E-state index in [1.165, 1.54) is 12.3 Å². The summed E-state index contributed by atoms with van der Waals surface area (Å²) in [6, 6.07) is 3.87. The molecule has 0 spiro atoms. The molecule has 0 saturated heterocycles. The number of hydrogen-bond donors (Lipinski definition) is 1. The molecule has 3 heterocycles. The predicted octanol–water partition coefficient (Wildman–Crippen LogP) is 6.22. The Morgan fingerprint density at radius 2 is 1.85 bits per heavy atom. The SMILES string of the molecule is O=C(O)C1CC1c1cc(Cl)c(-c2noc(-c3cn4cc(C(F)(F)F)cc(Cl)c4n3)n2)cc1Cl. The summed E-state index contributed by atoms with van der Waals surface area (Å²) in [6.07, 6.45) is -1.96. The first kappa shape index (κ1) is 22.0. The maximum atomic E-state index is 13.0. The second kappa shape index (κ2) is 7.61. The van der Waals surface area contributed by atoms with Crippen LogP contribution in [0.15, 0.2) is 35.1 Å².